The fourth-order valence-electron chi connectivity index (χ4n) is 6.49. The van der Waals surface area contributed by atoms with E-state index in [-0.39, 0.29) is 42.8 Å². The first-order valence-corrected chi connectivity index (χ1v) is 12.5. The van der Waals surface area contributed by atoms with Crippen LogP contribution < -0.4 is 10.6 Å². The van der Waals surface area contributed by atoms with E-state index in [1.807, 2.05) is 51.1 Å². The number of likely N-dealkylation sites (tertiary alicyclic amines) is 1. The van der Waals surface area contributed by atoms with Crippen LogP contribution in [0.5, 0.6) is 0 Å². The molecule has 4 unspecified atom stereocenters. The lowest BCUT2D eigenvalue weighted by molar-refractivity contribution is -0.146. The van der Waals surface area contributed by atoms with Gasteiger partial charge in [-0.2, -0.15) is 0 Å². The van der Waals surface area contributed by atoms with Crippen molar-refractivity contribution in [2.45, 2.75) is 76.7 Å². The van der Waals surface area contributed by atoms with Crippen LogP contribution in [-0.4, -0.2) is 64.2 Å². The van der Waals surface area contributed by atoms with Gasteiger partial charge in [0.2, 0.25) is 17.7 Å². The highest BCUT2D eigenvalue weighted by Gasteiger charge is 2.79. The van der Waals surface area contributed by atoms with Crippen LogP contribution in [0.2, 0.25) is 0 Å². The first-order chi connectivity index (χ1) is 16.2. The molecule has 1 aromatic rings. The molecule has 3 saturated heterocycles. The van der Waals surface area contributed by atoms with Crippen molar-refractivity contribution in [2.24, 2.45) is 17.8 Å². The van der Waals surface area contributed by atoms with Crippen LogP contribution >= 0.6 is 0 Å². The van der Waals surface area contributed by atoms with Gasteiger partial charge in [0, 0.05) is 24.9 Å². The van der Waals surface area contributed by atoms with Crippen LogP contribution in [0.1, 0.15) is 53.4 Å². The van der Waals surface area contributed by atoms with Crippen molar-refractivity contribution in [2.75, 3.05) is 18.5 Å². The van der Waals surface area contributed by atoms with Crippen molar-refractivity contribution in [1.29, 1.82) is 0 Å². The maximum absolute atomic E-state index is 13.8. The molecule has 2 bridgehead atoms. The summed E-state index contributed by atoms with van der Waals surface area (Å²) < 4.78 is 6.66. The zero-order chi connectivity index (χ0) is 24.7. The van der Waals surface area contributed by atoms with Crippen molar-refractivity contribution in [1.82, 2.24) is 10.2 Å². The van der Waals surface area contributed by atoms with E-state index in [4.69, 9.17) is 4.74 Å². The summed E-state index contributed by atoms with van der Waals surface area (Å²) in [5, 5.41) is 15.5. The molecule has 1 spiro atoms. The highest BCUT2D eigenvalue weighted by atomic mass is 16.5. The molecule has 0 radical (unpaired) electrons. The molecule has 3 aliphatic rings. The first kappa shape index (κ1) is 24.7. The lowest BCUT2D eigenvalue weighted by Crippen LogP contribution is -2.57. The smallest absolute Gasteiger partial charge is 0.246 e. The Kier molecular flexibility index (Phi) is 6.75. The normalized spacial score (nSPS) is 34.7. The number of hydrogen-bond acceptors (Lipinski definition) is 5. The fraction of sp³-hybridized carbons (Fsp3) is 0.654. The number of carbonyl (C=O) groups excluding carboxylic acids is 3. The summed E-state index contributed by atoms with van der Waals surface area (Å²) in [7, 11) is 0. The highest BCUT2D eigenvalue weighted by molar-refractivity contribution is 6.02. The summed E-state index contributed by atoms with van der Waals surface area (Å²) in [6.07, 6.45) is 2.65. The molecule has 3 N–H and O–H groups in total. The fourth-order valence-corrected chi connectivity index (χ4v) is 6.49. The van der Waals surface area contributed by atoms with Crippen LogP contribution in [0.15, 0.2) is 30.3 Å². The van der Waals surface area contributed by atoms with Gasteiger partial charge in [-0.15, -0.1) is 0 Å². The Balaban J connectivity index is 1.71. The molecule has 3 heterocycles. The summed E-state index contributed by atoms with van der Waals surface area (Å²) in [5.74, 6) is -2.21. The second-order valence-corrected chi connectivity index (χ2v) is 10.4. The molecular weight excluding hydrogens is 434 g/mol. The lowest BCUT2D eigenvalue weighted by atomic mass is 9.62. The number of carbonyl (C=O) groups is 3. The highest BCUT2D eigenvalue weighted by Crippen LogP contribution is 2.65. The lowest BCUT2D eigenvalue weighted by Gasteiger charge is -2.36. The minimum absolute atomic E-state index is 0.00997. The number of nitrogens with one attached hydrogen (secondary N) is 2. The zero-order valence-corrected chi connectivity index (χ0v) is 20.5. The predicted octanol–water partition coefficient (Wildman–Crippen LogP) is 2.32. The van der Waals surface area contributed by atoms with Gasteiger partial charge in [-0.1, -0.05) is 38.5 Å². The third kappa shape index (κ3) is 3.81. The minimum Gasteiger partial charge on any atom is -0.396 e. The largest absolute Gasteiger partial charge is 0.396 e. The number of ether oxygens (including phenoxy) is 1. The maximum Gasteiger partial charge on any atom is 0.246 e. The molecule has 8 heteroatoms. The van der Waals surface area contributed by atoms with E-state index in [1.54, 1.807) is 4.90 Å². The van der Waals surface area contributed by atoms with E-state index >= 15 is 0 Å². The maximum atomic E-state index is 13.8. The number of rotatable bonds is 9. The van der Waals surface area contributed by atoms with Gasteiger partial charge in [0.25, 0.3) is 0 Å². The Morgan fingerprint density at radius 2 is 1.97 bits per heavy atom. The number of amides is 3. The number of para-hydroxylation sites is 1. The van der Waals surface area contributed by atoms with Crippen molar-refractivity contribution >= 4 is 23.4 Å². The van der Waals surface area contributed by atoms with Gasteiger partial charge >= 0.3 is 0 Å². The number of nitrogens with zero attached hydrogens (tertiary/aromatic N) is 1. The van der Waals surface area contributed by atoms with Gasteiger partial charge in [-0.05, 0) is 51.2 Å². The van der Waals surface area contributed by atoms with E-state index < -0.39 is 29.1 Å². The molecular formula is C26H37N3O5. The molecule has 1 aromatic carbocycles. The second-order valence-electron chi connectivity index (χ2n) is 10.4. The van der Waals surface area contributed by atoms with E-state index in [0.29, 0.717) is 18.5 Å². The molecule has 0 aromatic heterocycles. The van der Waals surface area contributed by atoms with Crippen LogP contribution in [0.4, 0.5) is 5.69 Å². The Labute approximate surface area is 201 Å². The number of fused-ring (bicyclic) bond motifs is 1. The van der Waals surface area contributed by atoms with E-state index in [9.17, 15) is 19.5 Å². The number of benzene rings is 1. The monoisotopic (exact) mass is 471 g/mol. The molecule has 34 heavy (non-hydrogen) atoms. The second kappa shape index (κ2) is 9.30. The van der Waals surface area contributed by atoms with Gasteiger partial charge in [-0.25, -0.2) is 0 Å². The third-order valence-corrected chi connectivity index (χ3v) is 8.05. The van der Waals surface area contributed by atoms with Crippen LogP contribution in [0, 0.1) is 17.8 Å². The zero-order valence-electron chi connectivity index (χ0n) is 20.5. The number of aliphatic hydroxyl groups excluding tert-OH is 1. The molecule has 3 amide bonds. The van der Waals surface area contributed by atoms with E-state index in [1.165, 1.54) is 0 Å². The van der Waals surface area contributed by atoms with Gasteiger partial charge in [0.1, 0.15) is 11.6 Å². The van der Waals surface area contributed by atoms with Crippen LogP contribution in [0.25, 0.3) is 0 Å². The average Bonchev–Trinajstić information content (AvgIpc) is 3.29. The summed E-state index contributed by atoms with van der Waals surface area (Å²) >= 11 is 0. The number of aliphatic hydroxyl groups is 1. The minimum atomic E-state index is -1.06. The van der Waals surface area contributed by atoms with Crippen molar-refractivity contribution in [3.63, 3.8) is 0 Å². The van der Waals surface area contributed by atoms with Gasteiger partial charge in [0.15, 0.2) is 0 Å². The molecule has 4 rings (SSSR count). The van der Waals surface area contributed by atoms with Crippen LogP contribution in [0.3, 0.4) is 0 Å². The number of hydrogen-bond donors (Lipinski definition) is 3. The third-order valence-electron chi connectivity index (χ3n) is 8.05. The molecule has 8 nitrogen and oxygen atoms in total. The van der Waals surface area contributed by atoms with Crippen molar-refractivity contribution in [3.05, 3.63) is 30.3 Å². The van der Waals surface area contributed by atoms with Crippen molar-refractivity contribution in [3.8, 4) is 0 Å². The van der Waals surface area contributed by atoms with Gasteiger partial charge < -0.3 is 25.4 Å². The Bertz CT molecular complexity index is 940. The number of anilines is 1. The van der Waals surface area contributed by atoms with E-state index in [2.05, 4.69) is 17.6 Å². The average molecular weight is 472 g/mol. The molecule has 3 aliphatic heterocycles. The molecule has 0 saturated carbocycles. The Morgan fingerprint density at radius 3 is 2.62 bits per heavy atom. The summed E-state index contributed by atoms with van der Waals surface area (Å²) in [4.78, 5) is 42.6. The molecule has 0 aliphatic carbocycles. The first-order valence-electron chi connectivity index (χ1n) is 12.5. The quantitative estimate of drug-likeness (QED) is 0.512. The predicted molar refractivity (Wildman–Crippen MR) is 128 cm³/mol. The summed E-state index contributed by atoms with van der Waals surface area (Å²) in [6.45, 7) is 8.11. The Hall–Kier alpha value is -2.45. The molecule has 7 atom stereocenters. The molecule has 186 valence electrons. The summed E-state index contributed by atoms with van der Waals surface area (Å²) in [5.41, 5.74) is -1.25. The molecule has 3 fully saturated rings. The summed E-state index contributed by atoms with van der Waals surface area (Å²) in [6, 6.07) is 8.31. The Morgan fingerprint density at radius 1 is 1.26 bits per heavy atom. The standard InChI is InChI=1S/C26H37N3O5/c1-5-10-17(3)27-23(32)21-26-15-16(2)25(4,34-26)19(20(26)24(33)29(21)13-9-14-30)22(31)28-18-11-7-6-8-12-18/h6-8,11-12,16-17,19-21,30H,5,9-10,13-15H2,1-4H3,(H,27,32)(H,28,31)/t16?,17?,19-,20-,21?,25+,26?/m0/s1. The van der Waals surface area contributed by atoms with Gasteiger partial charge in [-0.3, -0.25) is 14.4 Å². The van der Waals surface area contributed by atoms with Crippen LogP contribution in [-0.2, 0) is 19.1 Å². The van der Waals surface area contributed by atoms with Crippen molar-refractivity contribution < 1.29 is 24.2 Å². The van der Waals surface area contributed by atoms with E-state index in [0.717, 1.165) is 12.8 Å². The topological polar surface area (TPSA) is 108 Å². The van der Waals surface area contributed by atoms with Gasteiger partial charge in [0.05, 0.1) is 17.4 Å². The SMILES string of the molecule is CCCC(C)NC(=O)C1N(CCCO)C(=O)[C@@H]2[C@@H](C(=O)Nc3ccccc3)[C@]3(C)OC12CC3C.